The van der Waals surface area contributed by atoms with Crippen molar-refractivity contribution in [2.45, 2.75) is 71.0 Å². The minimum atomic E-state index is -0.327. The van der Waals surface area contributed by atoms with Crippen molar-refractivity contribution in [3.8, 4) is 5.75 Å². The van der Waals surface area contributed by atoms with Gasteiger partial charge in [0.2, 0.25) is 0 Å². The fourth-order valence-electron chi connectivity index (χ4n) is 5.82. The van der Waals surface area contributed by atoms with E-state index in [1.807, 2.05) is 18.2 Å². The van der Waals surface area contributed by atoms with E-state index in [0.717, 1.165) is 30.8 Å². The Labute approximate surface area is 180 Å². The minimum Gasteiger partial charge on any atom is -0.487 e. The van der Waals surface area contributed by atoms with Crippen LogP contribution < -0.4 is 10.1 Å². The highest BCUT2D eigenvalue weighted by Crippen LogP contribution is 2.56. The van der Waals surface area contributed by atoms with Crippen molar-refractivity contribution in [3.05, 3.63) is 29.3 Å². The molecular weight excluding hydrogens is 378 g/mol. The van der Waals surface area contributed by atoms with Gasteiger partial charge < -0.3 is 19.5 Å². The summed E-state index contributed by atoms with van der Waals surface area (Å²) in [5, 5.41) is 2.43. The zero-order valence-corrected chi connectivity index (χ0v) is 19.0. The summed E-state index contributed by atoms with van der Waals surface area (Å²) in [6.45, 7) is 10.1. The van der Waals surface area contributed by atoms with Crippen molar-refractivity contribution in [1.82, 2.24) is 0 Å². The standard InChI is InChI=1S/C25H37NO4/c1-17(2)6-5-9-24(3)20-15-25(10-12-26-13-11-25)16-29-22(20)19-8-7-18(23(27)28-4)14-21(19)30-24/h7-8,14,17,20,22,26H,5-6,9-13,15-16H2,1-4H3/p+1/t20-,22+,24-/m1/s1. The molecule has 1 aromatic carbocycles. The second-order valence-electron chi connectivity index (χ2n) is 10.4. The number of nitrogens with two attached hydrogens (primary N) is 1. The molecule has 0 radical (unpaired) electrons. The molecule has 2 saturated heterocycles. The van der Waals surface area contributed by atoms with Gasteiger partial charge in [-0.15, -0.1) is 0 Å². The fourth-order valence-corrected chi connectivity index (χ4v) is 5.82. The van der Waals surface area contributed by atoms with Crippen LogP contribution in [-0.2, 0) is 9.47 Å². The van der Waals surface area contributed by atoms with Gasteiger partial charge in [0.25, 0.3) is 0 Å². The Kier molecular flexibility index (Phi) is 6.13. The molecule has 0 aliphatic carbocycles. The van der Waals surface area contributed by atoms with Crippen LogP contribution in [0.2, 0.25) is 0 Å². The van der Waals surface area contributed by atoms with Crippen LogP contribution in [0.4, 0.5) is 0 Å². The van der Waals surface area contributed by atoms with Crippen LogP contribution in [0.3, 0.4) is 0 Å². The second kappa shape index (κ2) is 8.51. The first-order valence-corrected chi connectivity index (χ1v) is 11.7. The maximum atomic E-state index is 12.1. The maximum absolute atomic E-state index is 12.1. The van der Waals surface area contributed by atoms with Crippen molar-refractivity contribution < 1.29 is 24.3 Å². The molecule has 3 atom stereocenters. The number of hydrogen-bond acceptors (Lipinski definition) is 4. The highest BCUT2D eigenvalue weighted by atomic mass is 16.5. The lowest BCUT2D eigenvalue weighted by molar-refractivity contribution is -0.668. The molecular formula is C25H38NO4+. The lowest BCUT2D eigenvalue weighted by atomic mass is 9.63. The van der Waals surface area contributed by atoms with E-state index in [1.54, 1.807) is 0 Å². The molecule has 30 heavy (non-hydrogen) atoms. The van der Waals surface area contributed by atoms with E-state index >= 15 is 0 Å². The van der Waals surface area contributed by atoms with Gasteiger partial charge in [0.15, 0.2) is 0 Å². The summed E-state index contributed by atoms with van der Waals surface area (Å²) >= 11 is 0. The molecule has 0 saturated carbocycles. The molecule has 3 aliphatic rings. The number of methoxy groups -OCH3 is 1. The Balaban J connectivity index is 1.66. The van der Waals surface area contributed by atoms with Crippen molar-refractivity contribution in [1.29, 1.82) is 0 Å². The molecule has 5 heteroatoms. The molecule has 5 nitrogen and oxygen atoms in total. The first-order valence-electron chi connectivity index (χ1n) is 11.7. The third-order valence-electron chi connectivity index (χ3n) is 7.67. The van der Waals surface area contributed by atoms with Crippen molar-refractivity contribution in [3.63, 3.8) is 0 Å². The Bertz CT molecular complexity index is 770. The molecule has 0 amide bonds. The number of ether oxygens (including phenoxy) is 3. The smallest absolute Gasteiger partial charge is 0.337 e. The lowest BCUT2D eigenvalue weighted by Gasteiger charge is -2.54. The summed E-state index contributed by atoms with van der Waals surface area (Å²) < 4.78 is 18.3. The van der Waals surface area contributed by atoms with Crippen LogP contribution in [-0.4, -0.2) is 38.4 Å². The number of carbonyl (C=O) groups excluding carboxylic acids is 1. The summed E-state index contributed by atoms with van der Waals surface area (Å²) in [5.74, 6) is 1.49. The monoisotopic (exact) mass is 416 g/mol. The van der Waals surface area contributed by atoms with E-state index in [-0.39, 0.29) is 17.7 Å². The second-order valence-corrected chi connectivity index (χ2v) is 10.4. The number of fused-ring (bicyclic) bond motifs is 3. The lowest BCUT2D eigenvalue weighted by Crippen LogP contribution is -2.87. The Morgan fingerprint density at radius 1 is 1.30 bits per heavy atom. The molecule has 4 rings (SSSR count). The quantitative estimate of drug-likeness (QED) is 0.740. The molecule has 1 spiro atoms. The normalized spacial score (nSPS) is 29.8. The molecule has 0 bridgehead atoms. The molecule has 2 N–H and O–H groups in total. The van der Waals surface area contributed by atoms with Crippen LogP contribution in [0.1, 0.15) is 81.3 Å². The van der Waals surface area contributed by atoms with Crippen LogP contribution >= 0.6 is 0 Å². The zero-order valence-electron chi connectivity index (χ0n) is 19.0. The summed E-state index contributed by atoms with van der Waals surface area (Å²) in [7, 11) is 1.42. The van der Waals surface area contributed by atoms with E-state index in [0.29, 0.717) is 22.8 Å². The molecule has 3 heterocycles. The van der Waals surface area contributed by atoms with Gasteiger partial charge in [-0.1, -0.05) is 26.3 Å². The van der Waals surface area contributed by atoms with Crippen LogP contribution in [0.5, 0.6) is 5.75 Å². The van der Waals surface area contributed by atoms with Gasteiger partial charge in [-0.2, -0.15) is 0 Å². The Morgan fingerprint density at radius 3 is 2.77 bits per heavy atom. The van der Waals surface area contributed by atoms with Gasteiger partial charge in [0.1, 0.15) is 11.4 Å². The molecule has 2 fully saturated rings. The third-order valence-corrected chi connectivity index (χ3v) is 7.67. The van der Waals surface area contributed by atoms with Gasteiger partial charge in [-0.25, -0.2) is 4.79 Å². The summed E-state index contributed by atoms with van der Waals surface area (Å²) in [6.07, 6.45) is 7.03. The topological polar surface area (TPSA) is 61.4 Å². The summed E-state index contributed by atoms with van der Waals surface area (Å²) in [5.41, 5.74) is 1.64. The number of carbonyl (C=O) groups is 1. The van der Waals surface area contributed by atoms with Crippen molar-refractivity contribution in [2.75, 3.05) is 26.8 Å². The van der Waals surface area contributed by atoms with Gasteiger partial charge in [-0.05, 0) is 44.2 Å². The molecule has 1 aromatic rings. The molecule has 0 unspecified atom stereocenters. The SMILES string of the molecule is COC(=O)c1ccc2c(c1)O[C@](C)(CCCC(C)C)[C@@H]1CC3(CC[NH2+]CC3)CO[C@@H]21. The molecule has 3 aliphatic heterocycles. The van der Waals surface area contributed by atoms with Crippen LogP contribution in [0, 0.1) is 17.3 Å². The van der Waals surface area contributed by atoms with E-state index in [4.69, 9.17) is 14.2 Å². The largest absolute Gasteiger partial charge is 0.487 e. The Hall–Kier alpha value is -1.59. The minimum absolute atomic E-state index is 0.0426. The third kappa shape index (κ3) is 4.11. The Morgan fingerprint density at radius 2 is 2.07 bits per heavy atom. The van der Waals surface area contributed by atoms with E-state index in [9.17, 15) is 4.79 Å². The van der Waals surface area contributed by atoms with Gasteiger partial charge in [-0.3, -0.25) is 0 Å². The fraction of sp³-hybridized carbons (Fsp3) is 0.720. The van der Waals surface area contributed by atoms with Gasteiger partial charge in [0, 0.05) is 29.7 Å². The highest BCUT2D eigenvalue weighted by molar-refractivity contribution is 5.90. The van der Waals surface area contributed by atoms with Gasteiger partial charge in [0.05, 0.1) is 38.5 Å². The van der Waals surface area contributed by atoms with Crippen LogP contribution in [0.15, 0.2) is 18.2 Å². The first-order chi connectivity index (χ1) is 14.4. The predicted molar refractivity (Wildman–Crippen MR) is 116 cm³/mol. The van der Waals surface area contributed by atoms with Crippen molar-refractivity contribution in [2.24, 2.45) is 17.3 Å². The predicted octanol–water partition coefficient (Wildman–Crippen LogP) is 3.87. The number of rotatable bonds is 5. The number of benzene rings is 1. The van der Waals surface area contributed by atoms with Gasteiger partial charge >= 0.3 is 5.97 Å². The first kappa shape index (κ1) is 21.6. The van der Waals surface area contributed by atoms with Crippen molar-refractivity contribution >= 4 is 5.97 Å². The molecule has 166 valence electrons. The van der Waals surface area contributed by atoms with E-state index in [2.05, 4.69) is 26.1 Å². The number of quaternary nitrogens is 1. The average Bonchev–Trinajstić information content (AvgIpc) is 2.73. The highest BCUT2D eigenvalue weighted by Gasteiger charge is 2.54. The molecule has 0 aromatic heterocycles. The number of hydrogen-bond donors (Lipinski definition) is 1. The maximum Gasteiger partial charge on any atom is 0.337 e. The number of esters is 1. The van der Waals surface area contributed by atoms with E-state index in [1.165, 1.54) is 45.9 Å². The average molecular weight is 417 g/mol. The summed E-state index contributed by atoms with van der Waals surface area (Å²) in [4.78, 5) is 12.1. The zero-order chi connectivity index (χ0) is 21.4. The number of piperidine rings is 1. The van der Waals surface area contributed by atoms with E-state index < -0.39 is 0 Å². The summed E-state index contributed by atoms with van der Waals surface area (Å²) in [6, 6.07) is 5.71. The van der Waals surface area contributed by atoms with Crippen LogP contribution in [0.25, 0.3) is 0 Å².